The third kappa shape index (κ3) is 2.33. The van der Waals surface area contributed by atoms with Gasteiger partial charge in [0, 0.05) is 47.7 Å². The molecule has 1 fully saturated rings. The summed E-state index contributed by atoms with van der Waals surface area (Å²) in [5, 5.41) is 30.9. The Kier molecular flexibility index (Phi) is 3.88. The van der Waals surface area contributed by atoms with E-state index in [4.69, 9.17) is 9.47 Å². The molecule has 8 rings (SSSR count). The van der Waals surface area contributed by atoms with Crippen molar-refractivity contribution in [2.24, 2.45) is 0 Å². The average Bonchev–Trinajstić information content (AvgIpc) is 3.50. The first-order valence-corrected chi connectivity index (χ1v) is 12.5. The van der Waals surface area contributed by atoms with E-state index in [0.29, 0.717) is 18.5 Å². The van der Waals surface area contributed by atoms with Crippen LogP contribution in [0.15, 0.2) is 36.4 Å². The number of methoxy groups -OCH3 is 1. The summed E-state index contributed by atoms with van der Waals surface area (Å²) in [6, 6.07) is 10.7. The Morgan fingerprint density at radius 1 is 1.08 bits per heavy atom. The third-order valence-electron chi connectivity index (χ3n) is 8.75. The van der Waals surface area contributed by atoms with Crippen molar-refractivity contribution in [1.82, 2.24) is 19.8 Å². The van der Waals surface area contributed by atoms with Crippen molar-refractivity contribution in [3.8, 4) is 11.5 Å². The van der Waals surface area contributed by atoms with Crippen molar-refractivity contribution >= 4 is 49.5 Å². The summed E-state index contributed by atoms with van der Waals surface area (Å²) in [7, 11) is 3.65. The van der Waals surface area contributed by atoms with Gasteiger partial charge in [-0.25, -0.2) is 0 Å². The number of hydrogen-bond acceptors (Lipinski definition) is 6. The first-order valence-electron chi connectivity index (χ1n) is 12.5. The van der Waals surface area contributed by atoms with Crippen LogP contribution in [0.2, 0.25) is 0 Å². The number of nitrogens with zero attached hydrogens (tertiary/aromatic N) is 2. The molecule has 0 saturated carbocycles. The number of ether oxygens (including phenoxy) is 2. The van der Waals surface area contributed by atoms with Crippen LogP contribution in [0.4, 0.5) is 0 Å². The molecule has 2 aromatic heterocycles. The second kappa shape index (κ2) is 6.74. The maximum Gasteiger partial charge on any atom is 0.252 e. The molecule has 5 heterocycles. The lowest BCUT2D eigenvalue weighted by Gasteiger charge is -2.48. The number of benzene rings is 3. The van der Waals surface area contributed by atoms with Gasteiger partial charge in [-0.2, -0.15) is 0 Å². The lowest BCUT2D eigenvalue weighted by Crippen LogP contribution is -2.59. The number of aromatic nitrogens is 2. The molecule has 4 atom stereocenters. The van der Waals surface area contributed by atoms with Crippen LogP contribution in [0.5, 0.6) is 11.5 Å². The van der Waals surface area contributed by atoms with Gasteiger partial charge in [-0.05, 0) is 55.9 Å². The zero-order valence-corrected chi connectivity index (χ0v) is 20.6. The fourth-order valence-corrected chi connectivity index (χ4v) is 7.41. The van der Waals surface area contributed by atoms with E-state index in [0.717, 1.165) is 49.2 Å². The first-order chi connectivity index (χ1) is 17.9. The maximum atomic E-state index is 13.4. The molecule has 0 spiro atoms. The fourth-order valence-electron chi connectivity index (χ4n) is 7.41. The van der Waals surface area contributed by atoms with E-state index < -0.39 is 5.72 Å². The largest absolute Gasteiger partial charge is 0.508 e. The Hall–Kier alpha value is -3.79. The minimum absolute atomic E-state index is 0.0209. The summed E-state index contributed by atoms with van der Waals surface area (Å²) in [4.78, 5) is 13.4. The second-order valence-electron chi connectivity index (χ2n) is 10.5. The normalized spacial score (nSPS) is 26.5. The number of fused-ring (bicyclic) bond motifs is 13. The first kappa shape index (κ1) is 21.3. The Balaban J connectivity index is 1.72. The van der Waals surface area contributed by atoms with Crippen molar-refractivity contribution in [3.63, 3.8) is 0 Å². The smallest absolute Gasteiger partial charge is 0.252 e. The summed E-state index contributed by atoms with van der Waals surface area (Å²) in [5.41, 5.74) is 4.22. The molecule has 0 radical (unpaired) electrons. The zero-order chi connectivity index (χ0) is 25.4. The van der Waals surface area contributed by atoms with E-state index in [1.807, 2.05) is 19.2 Å². The molecule has 0 unspecified atom stereocenters. The van der Waals surface area contributed by atoms with Crippen molar-refractivity contribution in [1.29, 1.82) is 0 Å². The highest BCUT2D eigenvalue weighted by Gasteiger charge is 2.53. The van der Waals surface area contributed by atoms with Gasteiger partial charge in [0.2, 0.25) is 0 Å². The molecule has 9 nitrogen and oxygen atoms in total. The number of hydrogen-bond donors (Lipinski definition) is 4. The number of likely N-dealkylation sites (N-methyl/N-ethyl adjacent to an activating group) is 1. The Bertz CT molecular complexity index is 1850. The monoisotopic (exact) mass is 498 g/mol. The van der Waals surface area contributed by atoms with Gasteiger partial charge in [0.15, 0.2) is 5.72 Å². The number of aromatic hydroxyl groups is 2. The number of carbonyl (C=O) groups is 1. The minimum Gasteiger partial charge on any atom is -0.508 e. The molecule has 1 saturated heterocycles. The Morgan fingerprint density at radius 2 is 1.78 bits per heavy atom. The molecular formula is C28H26N4O5. The molecular weight excluding hydrogens is 472 g/mol. The van der Waals surface area contributed by atoms with Crippen molar-refractivity contribution in [2.75, 3.05) is 14.2 Å². The Morgan fingerprint density at radius 3 is 2.49 bits per heavy atom. The molecule has 5 aromatic rings. The van der Waals surface area contributed by atoms with E-state index in [-0.39, 0.29) is 35.8 Å². The third-order valence-corrected chi connectivity index (χ3v) is 8.75. The molecule has 3 aliphatic heterocycles. The predicted octanol–water partition coefficient (Wildman–Crippen LogP) is 3.77. The maximum absolute atomic E-state index is 13.4. The van der Waals surface area contributed by atoms with E-state index in [2.05, 4.69) is 26.7 Å². The highest BCUT2D eigenvalue weighted by atomic mass is 16.6. The lowest BCUT2D eigenvalue weighted by atomic mass is 9.93. The van der Waals surface area contributed by atoms with Gasteiger partial charge in [-0.15, -0.1) is 0 Å². The molecule has 2 bridgehead atoms. The number of rotatable bonds is 2. The number of phenols is 2. The van der Waals surface area contributed by atoms with Crippen molar-refractivity contribution < 1.29 is 24.5 Å². The van der Waals surface area contributed by atoms with Crippen molar-refractivity contribution in [3.05, 3.63) is 47.5 Å². The standard InChI is InChI=1S/C28H26N4O5/c1-28-26(36-3)17(29-2)10-20(37-28)31-18-6-4-12(33)8-14(18)22-23-16(11-30-27(23)35)21-15-9-13(34)5-7-19(15)32(28)25(21)24(22)31/h4-9,17,20,26,29,33-34H,10-11H2,1-3H3,(H,30,35)/t17-,20-,26-,28+/m1/s1. The van der Waals surface area contributed by atoms with E-state index in [1.165, 1.54) is 0 Å². The summed E-state index contributed by atoms with van der Waals surface area (Å²) in [6.45, 7) is 2.45. The number of amides is 1. The molecule has 188 valence electrons. The van der Waals surface area contributed by atoms with Crippen LogP contribution in [0.1, 0.15) is 35.5 Å². The van der Waals surface area contributed by atoms with Crippen LogP contribution < -0.4 is 10.6 Å². The Labute approximate surface area is 211 Å². The second-order valence-corrected chi connectivity index (χ2v) is 10.5. The van der Waals surface area contributed by atoms with Gasteiger partial charge in [-0.1, -0.05) is 0 Å². The van der Waals surface area contributed by atoms with Crippen LogP contribution in [-0.2, 0) is 21.7 Å². The van der Waals surface area contributed by atoms with Crippen LogP contribution in [0.25, 0.3) is 43.6 Å². The summed E-state index contributed by atoms with van der Waals surface area (Å²) >= 11 is 0. The van der Waals surface area contributed by atoms with Gasteiger partial charge in [0.05, 0.1) is 27.6 Å². The van der Waals surface area contributed by atoms with Crippen molar-refractivity contribution in [2.45, 2.75) is 44.0 Å². The molecule has 0 aliphatic carbocycles. The molecule has 4 N–H and O–H groups in total. The highest BCUT2D eigenvalue weighted by molar-refractivity contribution is 6.31. The quantitative estimate of drug-likeness (QED) is 0.295. The summed E-state index contributed by atoms with van der Waals surface area (Å²) in [5.74, 6) is 0.162. The van der Waals surface area contributed by atoms with Crippen LogP contribution in [0, 0.1) is 0 Å². The van der Waals surface area contributed by atoms with Gasteiger partial charge >= 0.3 is 0 Å². The van der Waals surface area contributed by atoms with Gasteiger partial charge in [0.1, 0.15) is 23.8 Å². The summed E-state index contributed by atoms with van der Waals surface area (Å²) < 4.78 is 17.5. The molecule has 1 amide bonds. The van der Waals surface area contributed by atoms with E-state index in [1.54, 1.807) is 31.4 Å². The number of phenolic OH excluding ortho intramolecular Hbond substituents is 2. The number of nitrogens with one attached hydrogen (secondary N) is 2. The summed E-state index contributed by atoms with van der Waals surface area (Å²) in [6.07, 6.45) is -0.0147. The predicted molar refractivity (Wildman–Crippen MR) is 139 cm³/mol. The molecule has 3 aromatic carbocycles. The van der Waals surface area contributed by atoms with E-state index in [9.17, 15) is 15.0 Å². The molecule has 37 heavy (non-hydrogen) atoms. The molecule has 9 heteroatoms. The van der Waals surface area contributed by atoms with Gasteiger partial charge in [-0.3, -0.25) is 4.79 Å². The average molecular weight is 499 g/mol. The highest BCUT2D eigenvalue weighted by Crippen LogP contribution is 2.54. The number of carbonyl (C=O) groups excluding carboxylic acids is 1. The van der Waals surface area contributed by atoms with Gasteiger partial charge < -0.3 is 39.5 Å². The van der Waals surface area contributed by atoms with E-state index >= 15 is 0 Å². The van der Waals surface area contributed by atoms with Crippen LogP contribution >= 0.6 is 0 Å². The van der Waals surface area contributed by atoms with Crippen LogP contribution in [-0.4, -0.2) is 51.6 Å². The van der Waals surface area contributed by atoms with Crippen LogP contribution in [0.3, 0.4) is 0 Å². The topological polar surface area (TPSA) is 110 Å². The fraction of sp³-hybridized carbons (Fsp3) is 0.321. The SMILES string of the molecule is CN[C@@H]1C[C@H]2O[C@@](C)([C@@H]1OC)n1c3ccc(O)cc3c3c4c(c5c6cc(O)ccc6n2c5c31)C(=O)NC4. The molecule has 3 aliphatic rings. The minimum atomic E-state index is -0.901. The lowest BCUT2D eigenvalue weighted by molar-refractivity contribution is -0.256. The zero-order valence-electron chi connectivity index (χ0n) is 20.6. The van der Waals surface area contributed by atoms with Gasteiger partial charge in [0.25, 0.3) is 5.91 Å².